The lowest BCUT2D eigenvalue weighted by Gasteiger charge is -2.56. The highest BCUT2D eigenvalue weighted by molar-refractivity contribution is 4.98. The van der Waals surface area contributed by atoms with Gasteiger partial charge in [-0.1, -0.05) is 0 Å². The summed E-state index contributed by atoms with van der Waals surface area (Å²) in [6.45, 7) is 12.2. The number of rotatable bonds is 0. The smallest absolute Gasteiger partial charge is 0.0284 e. The van der Waals surface area contributed by atoms with Crippen LogP contribution in [0.3, 0.4) is 0 Å². The fraction of sp³-hybridized carbons (Fsp3) is 1.00. The average Bonchev–Trinajstić information content (AvgIpc) is 1.83. The third-order valence-corrected chi connectivity index (χ3v) is 3.10. The van der Waals surface area contributed by atoms with Crippen molar-refractivity contribution in [2.45, 2.75) is 32.4 Å². The maximum absolute atomic E-state index is 2.65. The van der Waals surface area contributed by atoms with Crippen molar-refractivity contribution < 1.29 is 0 Å². The second kappa shape index (κ2) is 2.20. The number of fused-ring (bicyclic) bond motifs is 3. The molecule has 3 heterocycles. The molecule has 0 spiro atoms. The van der Waals surface area contributed by atoms with E-state index in [-0.39, 0.29) is 0 Å². The molecule has 3 unspecified atom stereocenters. The van der Waals surface area contributed by atoms with Crippen LogP contribution >= 0.6 is 0 Å². The minimum atomic E-state index is 0.427. The second-order valence-corrected chi connectivity index (χ2v) is 4.59. The summed E-state index contributed by atoms with van der Waals surface area (Å²) in [7, 11) is 0. The molecule has 2 bridgehead atoms. The number of hydrogen-bond donors (Lipinski definition) is 0. The first-order valence-corrected chi connectivity index (χ1v) is 4.59. The molecular weight excluding hydrogens is 136 g/mol. The topological polar surface area (TPSA) is 6.48 Å². The molecule has 0 aromatic heterocycles. The van der Waals surface area contributed by atoms with Crippen LogP contribution in [0.4, 0.5) is 0 Å². The maximum Gasteiger partial charge on any atom is 0.0284 e. The Hall–Kier alpha value is -0.0800. The Labute approximate surface area is 69.2 Å². The standard InChI is InChI=1S/C9H18N2/c1-8-6-10-4-5-11(8)9(2,3)7-10/h8H,4-7H2,1-3H3. The van der Waals surface area contributed by atoms with Crippen LogP contribution < -0.4 is 0 Å². The molecule has 3 saturated heterocycles. The van der Waals surface area contributed by atoms with E-state index < -0.39 is 0 Å². The largest absolute Gasteiger partial charge is 0.299 e. The molecule has 0 aromatic rings. The summed E-state index contributed by atoms with van der Waals surface area (Å²) in [5, 5.41) is 0. The minimum Gasteiger partial charge on any atom is -0.299 e. The van der Waals surface area contributed by atoms with E-state index in [0.29, 0.717) is 5.54 Å². The number of hydrogen-bond acceptors (Lipinski definition) is 2. The summed E-state index contributed by atoms with van der Waals surface area (Å²) in [4.78, 5) is 5.23. The fourth-order valence-corrected chi connectivity index (χ4v) is 2.71. The zero-order valence-corrected chi connectivity index (χ0v) is 7.80. The zero-order valence-electron chi connectivity index (χ0n) is 7.80. The highest BCUT2D eigenvalue weighted by Gasteiger charge is 2.41. The van der Waals surface area contributed by atoms with E-state index in [1.54, 1.807) is 0 Å². The van der Waals surface area contributed by atoms with Gasteiger partial charge < -0.3 is 0 Å². The van der Waals surface area contributed by atoms with Gasteiger partial charge in [-0.3, -0.25) is 9.80 Å². The quantitative estimate of drug-likeness (QED) is 0.509. The van der Waals surface area contributed by atoms with Crippen molar-refractivity contribution in [3.8, 4) is 0 Å². The van der Waals surface area contributed by atoms with Gasteiger partial charge in [0.2, 0.25) is 0 Å². The zero-order chi connectivity index (χ0) is 8.06. The summed E-state index contributed by atoms with van der Waals surface area (Å²) < 4.78 is 0. The third-order valence-electron chi connectivity index (χ3n) is 3.10. The third kappa shape index (κ3) is 1.09. The van der Waals surface area contributed by atoms with Crippen molar-refractivity contribution in [1.29, 1.82) is 0 Å². The normalized spacial score (nSPS) is 47.7. The molecule has 3 fully saturated rings. The van der Waals surface area contributed by atoms with Crippen LogP contribution in [0.25, 0.3) is 0 Å². The molecule has 3 aliphatic heterocycles. The molecule has 11 heavy (non-hydrogen) atoms. The molecule has 64 valence electrons. The van der Waals surface area contributed by atoms with E-state index in [1.165, 1.54) is 26.2 Å². The molecule has 3 rings (SSSR count). The lowest BCUT2D eigenvalue weighted by Crippen LogP contribution is -2.69. The van der Waals surface area contributed by atoms with Gasteiger partial charge >= 0.3 is 0 Å². The van der Waals surface area contributed by atoms with Crippen LogP contribution in [0.2, 0.25) is 0 Å². The van der Waals surface area contributed by atoms with E-state index >= 15 is 0 Å². The SMILES string of the molecule is CC1CN2CCN1C(C)(C)C2. The molecule has 0 radical (unpaired) electrons. The summed E-state index contributed by atoms with van der Waals surface area (Å²) in [5.41, 5.74) is 0.427. The Morgan fingerprint density at radius 3 is 2.36 bits per heavy atom. The van der Waals surface area contributed by atoms with Crippen molar-refractivity contribution in [2.24, 2.45) is 0 Å². The second-order valence-electron chi connectivity index (χ2n) is 4.59. The van der Waals surface area contributed by atoms with Crippen LogP contribution in [0, 0.1) is 0 Å². The first-order chi connectivity index (χ1) is 5.09. The van der Waals surface area contributed by atoms with E-state index in [2.05, 4.69) is 30.6 Å². The molecular formula is C9H18N2. The average molecular weight is 154 g/mol. The number of piperazine rings is 3. The Bertz CT molecular complexity index is 165. The Kier molecular flexibility index (Phi) is 1.52. The van der Waals surface area contributed by atoms with Gasteiger partial charge in [-0.2, -0.15) is 0 Å². The van der Waals surface area contributed by atoms with E-state index in [0.717, 1.165) is 6.04 Å². The summed E-state index contributed by atoms with van der Waals surface area (Å²) in [6, 6.07) is 0.771. The molecule has 0 amide bonds. The van der Waals surface area contributed by atoms with Crippen LogP contribution in [0.15, 0.2) is 0 Å². The summed E-state index contributed by atoms with van der Waals surface area (Å²) in [6.07, 6.45) is 0. The van der Waals surface area contributed by atoms with Crippen molar-refractivity contribution in [1.82, 2.24) is 9.80 Å². The molecule has 0 aromatic carbocycles. The minimum absolute atomic E-state index is 0.427. The fourth-order valence-electron chi connectivity index (χ4n) is 2.71. The van der Waals surface area contributed by atoms with Gasteiger partial charge in [-0.25, -0.2) is 0 Å². The van der Waals surface area contributed by atoms with Crippen LogP contribution in [-0.4, -0.2) is 47.6 Å². The van der Waals surface area contributed by atoms with Gasteiger partial charge in [0.15, 0.2) is 0 Å². The molecule has 3 atom stereocenters. The monoisotopic (exact) mass is 154 g/mol. The Balaban J connectivity index is 2.20. The van der Waals surface area contributed by atoms with Crippen LogP contribution in [0.1, 0.15) is 20.8 Å². The van der Waals surface area contributed by atoms with Crippen molar-refractivity contribution in [3.63, 3.8) is 0 Å². The first kappa shape index (κ1) is 7.56. The summed E-state index contributed by atoms with van der Waals surface area (Å²) >= 11 is 0. The van der Waals surface area contributed by atoms with Crippen molar-refractivity contribution >= 4 is 0 Å². The van der Waals surface area contributed by atoms with Crippen LogP contribution in [0.5, 0.6) is 0 Å². The summed E-state index contributed by atoms with van der Waals surface area (Å²) in [5.74, 6) is 0. The lowest BCUT2D eigenvalue weighted by molar-refractivity contribution is -0.0693. The molecule has 0 aliphatic carbocycles. The highest BCUT2D eigenvalue weighted by Crippen LogP contribution is 2.28. The van der Waals surface area contributed by atoms with Crippen molar-refractivity contribution in [3.05, 3.63) is 0 Å². The van der Waals surface area contributed by atoms with Gasteiger partial charge in [0.1, 0.15) is 0 Å². The predicted molar refractivity (Wildman–Crippen MR) is 46.7 cm³/mol. The van der Waals surface area contributed by atoms with Crippen LogP contribution in [-0.2, 0) is 0 Å². The molecule has 2 nitrogen and oxygen atoms in total. The molecule has 0 saturated carbocycles. The molecule has 0 N–H and O–H groups in total. The molecule has 2 heteroatoms. The lowest BCUT2D eigenvalue weighted by atomic mass is 9.92. The first-order valence-electron chi connectivity index (χ1n) is 4.59. The van der Waals surface area contributed by atoms with Gasteiger partial charge in [0, 0.05) is 37.8 Å². The molecule has 3 aliphatic rings. The number of nitrogens with zero attached hydrogens (tertiary/aromatic N) is 2. The van der Waals surface area contributed by atoms with Gasteiger partial charge in [-0.15, -0.1) is 0 Å². The van der Waals surface area contributed by atoms with E-state index in [4.69, 9.17) is 0 Å². The van der Waals surface area contributed by atoms with E-state index in [1.807, 2.05) is 0 Å². The van der Waals surface area contributed by atoms with Gasteiger partial charge in [-0.05, 0) is 20.8 Å². The van der Waals surface area contributed by atoms with Gasteiger partial charge in [0.05, 0.1) is 0 Å². The van der Waals surface area contributed by atoms with Crippen molar-refractivity contribution in [2.75, 3.05) is 26.2 Å². The van der Waals surface area contributed by atoms with E-state index in [9.17, 15) is 0 Å². The predicted octanol–water partition coefficient (Wildman–Crippen LogP) is 0.785. The Morgan fingerprint density at radius 2 is 2.00 bits per heavy atom. The Morgan fingerprint density at radius 1 is 1.27 bits per heavy atom. The maximum atomic E-state index is 2.65. The highest BCUT2D eigenvalue weighted by atomic mass is 15.4. The van der Waals surface area contributed by atoms with Gasteiger partial charge in [0.25, 0.3) is 0 Å².